The van der Waals surface area contributed by atoms with Gasteiger partial charge in [-0.15, -0.1) is 5.10 Å². The Bertz CT molecular complexity index is 1110. The number of ether oxygens (including phenoxy) is 1. The van der Waals surface area contributed by atoms with Crippen LogP contribution in [0.4, 0.5) is 5.95 Å². The average molecular weight is 385 g/mol. The molecule has 0 saturated carbocycles. The van der Waals surface area contributed by atoms with Crippen LogP contribution in [-0.2, 0) is 6.54 Å². The highest BCUT2D eigenvalue weighted by molar-refractivity contribution is 5.99. The van der Waals surface area contributed by atoms with Gasteiger partial charge in [0.15, 0.2) is 5.82 Å². The first-order chi connectivity index (χ1) is 14.3. The average Bonchev–Trinajstić information content (AvgIpc) is 3.23. The first kappa shape index (κ1) is 18.4. The third-order valence-electron chi connectivity index (χ3n) is 4.37. The van der Waals surface area contributed by atoms with Crippen molar-refractivity contribution in [3.05, 3.63) is 90.3 Å². The SMILES string of the molecule is COc1ccccc1C(=O)n1nc(-c2ccncc2)nc1NCc1ccccc1. The zero-order valence-corrected chi connectivity index (χ0v) is 15.8. The summed E-state index contributed by atoms with van der Waals surface area (Å²) in [5.74, 6) is 0.945. The molecule has 1 N–H and O–H groups in total. The largest absolute Gasteiger partial charge is 0.496 e. The van der Waals surface area contributed by atoms with Gasteiger partial charge in [-0.2, -0.15) is 9.67 Å². The third kappa shape index (κ3) is 3.98. The summed E-state index contributed by atoms with van der Waals surface area (Å²) in [5.41, 5.74) is 2.25. The van der Waals surface area contributed by atoms with Crippen LogP contribution in [0, 0.1) is 0 Å². The maximum Gasteiger partial charge on any atom is 0.285 e. The smallest absolute Gasteiger partial charge is 0.285 e. The zero-order chi connectivity index (χ0) is 20.1. The lowest BCUT2D eigenvalue weighted by Crippen LogP contribution is -2.18. The van der Waals surface area contributed by atoms with Gasteiger partial charge in [-0.3, -0.25) is 9.78 Å². The fraction of sp³-hybridized carbons (Fsp3) is 0.0909. The highest BCUT2D eigenvalue weighted by Crippen LogP contribution is 2.22. The van der Waals surface area contributed by atoms with E-state index in [1.54, 1.807) is 42.7 Å². The van der Waals surface area contributed by atoms with Crippen molar-refractivity contribution >= 4 is 11.9 Å². The van der Waals surface area contributed by atoms with Gasteiger partial charge in [0.25, 0.3) is 5.91 Å². The van der Waals surface area contributed by atoms with Crippen molar-refractivity contribution in [1.82, 2.24) is 19.7 Å². The molecule has 0 fully saturated rings. The number of hydrogen-bond donors (Lipinski definition) is 1. The third-order valence-corrected chi connectivity index (χ3v) is 4.37. The molecule has 2 heterocycles. The molecule has 4 aromatic rings. The molecule has 0 unspecified atom stereocenters. The summed E-state index contributed by atoms with van der Waals surface area (Å²) in [6.07, 6.45) is 3.32. The molecule has 7 nitrogen and oxygen atoms in total. The topological polar surface area (TPSA) is 81.9 Å². The van der Waals surface area contributed by atoms with Crippen LogP contribution in [0.5, 0.6) is 5.75 Å². The summed E-state index contributed by atoms with van der Waals surface area (Å²) < 4.78 is 6.61. The molecule has 0 aliphatic rings. The maximum atomic E-state index is 13.2. The summed E-state index contributed by atoms with van der Waals surface area (Å²) >= 11 is 0. The normalized spacial score (nSPS) is 10.5. The Morgan fingerprint density at radius 2 is 1.72 bits per heavy atom. The van der Waals surface area contributed by atoms with Crippen LogP contribution in [0.25, 0.3) is 11.4 Å². The van der Waals surface area contributed by atoms with Crippen molar-refractivity contribution in [3.63, 3.8) is 0 Å². The lowest BCUT2D eigenvalue weighted by atomic mass is 10.2. The quantitative estimate of drug-likeness (QED) is 0.546. The number of nitrogens with one attached hydrogen (secondary N) is 1. The monoisotopic (exact) mass is 385 g/mol. The van der Waals surface area contributed by atoms with Gasteiger partial charge in [0.05, 0.1) is 12.7 Å². The number of benzene rings is 2. The van der Waals surface area contributed by atoms with E-state index in [2.05, 4.69) is 20.4 Å². The highest BCUT2D eigenvalue weighted by Gasteiger charge is 2.21. The first-order valence-electron chi connectivity index (χ1n) is 9.09. The van der Waals surface area contributed by atoms with Crippen molar-refractivity contribution in [2.75, 3.05) is 12.4 Å². The minimum absolute atomic E-state index is 0.328. The summed E-state index contributed by atoms with van der Waals surface area (Å²) in [5, 5.41) is 7.67. The second kappa shape index (κ2) is 8.35. The van der Waals surface area contributed by atoms with E-state index in [1.165, 1.54) is 11.8 Å². The van der Waals surface area contributed by atoms with Crippen molar-refractivity contribution in [1.29, 1.82) is 0 Å². The number of aromatic nitrogens is 4. The molecule has 0 bridgehead atoms. The Morgan fingerprint density at radius 3 is 2.48 bits per heavy atom. The van der Waals surface area contributed by atoms with Crippen LogP contribution in [-0.4, -0.2) is 32.8 Å². The Balaban J connectivity index is 1.72. The van der Waals surface area contributed by atoms with Crippen molar-refractivity contribution in [2.45, 2.75) is 6.54 Å². The molecule has 0 amide bonds. The van der Waals surface area contributed by atoms with Gasteiger partial charge < -0.3 is 10.1 Å². The zero-order valence-electron chi connectivity index (χ0n) is 15.8. The lowest BCUT2D eigenvalue weighted by molar-refractivity contribution is 0.0944. The molecule has 0 aliphatic heterocycles. The minimum atomic E-state index is -0.328. The van der Waals surface area contributed by atoms with Crippen LogP contribution in [0.2, 0.25) is 0 Å². The van der Waals surface area contributed by atoms with E-state index in [4.69, 9.17) is 4.74 Å². The van der Waals surface area contributed by atoms with Crippen LogP contribution in [0.3, 0.4) is 0 Å². The van der Waals surface area contributed by atoms with Gasteiger partial charge in [0, 0.05) is 24.5 Å². The number of anilines is 1. The minimum Gasteiger partial charge on any atom is -0.496 e. The summed E-state index contributed by atoms with van der Waals surface area (Å²) in [4.78, 5) is 21.8. The van der Waals surface area contributed by atoms with Gasteiger partial charge >= 0.3 is 0 Å². The van der Waals surface area contributed by atoms with E-state index in [1.807, 2.05) is 36.4 Å². The molecule has 4 rings (SSSR count). The fourth-order valence-corrected chi connectivity index (χ4v) is 2.90. The molecule has 0 atom stereocenters. The molecule has 0 saturated heterocycles. The maximum absolute atomic E-state index is 13.2. The molecule has 29 heavy (non-hydrogen) atoms. The van der Waals surface area contributed by atoms with E-state index in [-0.39, 0.29) is 5.91 Å². The molecular weight excluding hydrogens is 366 g/mol. The fourth-order valence-electron chi connectivity index (χ4n) is 2.90. The van der Waals surface area contributed by atoms with Gasteiger partial charge in [0.1, 0.15) is 5.75 Å². The summed E-state index contributed by atoms with van der Waals surface area (Å²) in [6, 6.07) is 20.5. The standard InChI is InChI=1S/C22H19N5O2/c1-29-19-10-6-5-9-18(19)21(28)27-22(24-15-16-7-3-2-4-8-16)25-20(26-27)17-11-13-23-14-12-17/h2-14H,15H2,1H3,(H,24,25,26). The number of rotatable bonds is 6. The molecule has 2 aromatic heterocycles. The molecule has 2 aromatic carbocycles. The lowest BCUT2D eigenvalue weighted by Gasteiger charge is -2.09. The molecule has 0 aliphatic carbocycles. The molecule has 0 spiro atoms. The number of carbonyl (C=O) groups is 1. The van der Waals surface area contributed by atoms with Gasteiger partial charge in [0.2, 0.25) is 5.95 Å². The Hall–Kier alpha value is -4.00. The Morgan fingerprint density at radius 1 is 1.00 bits per heavy atom. The number of carbonyl (C=O) groups excluding carboxylic acids is 1. The van der Waals surface area contributed by atoms with Crippen LogP contribution >= 0.6 is 0 Å². The summed E-state index contributed by atoms with van der Waals surface area (Å²) in [6.45, 7) is 0.508. The van der Waals surface area contributed by atoms with Crippen LogP contribution < -0.4 is 10.1 Å². The number of methoxy groups -OCH3 is 1. The van der Waals surface area contributed by atoms with E-state index < -0.39 is 0 Å². The van der Waals surface area contributed by atoms with Crippen molar-refractivity contribution in [3.8, 4) is 17.1 Å². The highest BCUT2D eigenvalue weighted by atomic mass is 16.5. The van der Waals surface area contributed by atoms with E-state index >= 15 is 0 Å². The second-order valence-electron chi connectivity index (χ2n) is 6.25. The van der Waals surface area contributed by atoms with Crippen molar-refractivity contribution < 1.29 is 9.53 Å². The molecular formula is C22H19N5O2. The number of hydrogen-bond acceptors (Lipinski definition) is 6. The van der Waals surface area contributed by atoms with Gasteiger partial charge in [-0.25, -0.2) is 0 Å². The Labute approximate surface area is 168 Å². The number of pyridine rings is 1. The Kier molecular flexibility index (Phi) is 5.29. The molecule has 144 valence electrons. The number of para-hydroxylation sites is 1. The predicted octanol–water partition coefficient (Wildman–Crippen LogP) is 3.65. The van der Waals surface area contributed by atoms with Gasteiger partial charge in [-0.1, -0.05) is 42.5 Å². The molecule has 0 radical (unpaired) electrons. The first-order valence-corrected chi connectivity index (χ1v) is 9.09. The van der Waals surface area contributed by atoms with Gasteiger partial charge in [-0.05, 0) is 29.8 Å². The molecule has 7 heteroatoms. The van der Waals surface area contributed by atoms with E-state index in [0.717, 1.165) is 11.1 Å². The van der Waals surface area contributed by atoms with Crippen LogP contribution in [0.1, 0.15) is 15.9 Å². The number of nitrogens with zero attached hydrogens (tertiary/aromatic N) is 4. The van der Waals surface area contributed by atoms with Crippen molar-refractivity contribution in [2.24, 2.45) is 0 Å². The van der Waals surface area contributed by atoms with E-state index in [0.29, 0.717) is 29.6 Å². The predicted molar refractivity (Wildman–Crippen MR) is 110 cm³/mol. The summed E-state index contributed by atoms with van der Waals surface area (Å²) in [7, 11) is 1.53. The second-order valence-corrected chi connectivity index (χ2v) is 6.25. The van der Waals surface area contributed by atoms with Crippen LogP contribution in [0.15, 0.2) is 79.1 Å². The van der Waals surface area contributed by atoms with E-state index in [9.17, 15) is 4.79 Å².